The molecule has 0 spiro atoms. The number of rotatable bonds is 6. The molecule has 226 valence electrons. The first kappa shape index (κ1) is 29.9. The summed E-state index contributed by atoms with van der Waals surface area (Å²) < 4.78 is 132. The van der Waals surface area contributed by atoms with E-state index >= 15 is 17.6 Å². The van der Waals surface area contributed by atoms with Crippen LogP contribution >= 0.6 is 0 Å². The number of benzene rings is 3. The molecule has 2 bridgehead atoms. The summed E-state index contributed by atoms with van der Waals surface area (Å²) in [7, 11) is 0. The Morgan fingerprint density at radius 2 is 1.24 bits per heavy atom. The Labute approximate surface area is 232 Å². The molecule has 4 N–H and O–H groups in total. The van der Waals surface area contributed by atoms with Crippen molar-refractivity contribution >= 4 is 0 Å². The van der Waals surface area contributed by atoms with Crippen LogP contribution in [0.5, 0.6) is 17.2 Å². The number of phenolic OH excluding ortho intramolecular Hbond substituents is 3. The van der Waals surface area contributed by atoms with Crippen LogP contribution in [-0.2, 0) is 11.8 Å². The van der Waals surface area contributed by atoms with Crippen molar-refractivity contribution < 1.29 is 59.9 Å². The van der Waals surface area contributed by atoms with Crippen molar-refractivity contribution in [3.05, 3.63) is 87.2 Å². The molecule has 2 saturated carbocycles. The minimum Gasteiger partial charge on any atom is -0.503 e. The molecule has 0 aliphatic heterocycles. The molecule has 4 atom stereocenters. The molecule has 4 nitrogen and oxygen atoms in total. The SMILES string of the molecule is Oc1c(F)cc(F)c(CCC(c2c(F)cc(F)c(O)c2F)C2CC3(O)CCCC2(c2c(F)cc(F)c(O)c2F)C3)c1F. The second-order valence-corrected chi connectivity index (χ2v) is 11.1. The van der Waals surface area contributed by atoms with E-state index in [4.69, 9.17) is 0 Å². The summed E-state index contributed by atoms with van der Waals surface area (Å²) in [6.07, 6.45) is -2.25. The molecule has 0 saturated heterocycles. The number of hydrogen-bond acceptors (Lipinski definition) is 4. The van der Waals surface area contributed by atoms with E-state index in [-0.39, 0.29) is 37.5 Å². The maximum atomic E-state index is 15.4. The van der Waals surface area contributed by atoms with Gasteiger partial charge in [0, 0.05) is 40.3 Å². The fourth-order valence-electron chi connectivity index (χ4n) is 7.18. The van der Waals surface area contributed by atoms with Crippen LogP contribution in [-0.4, -0.2) is 26.0 Å². The monoisotopic (exact) mass is 606 g/mol. The molecule has 13 heteroatoms. The minimum absolute atomic E-state index is 0.0725. The highest BCUT2D eigenvalue weighted by atomic mass is 19.2. The van der Waals surface area contributed by atoms with Crippen molar-refractivity contribution in [3.8, 4) is 17.2 Å². The molecule has 0 amide bonds. The predicted octanol–water partition coefficient (Wildman–Crippen LogP) is 7.03. The Bertz CT molecular complexity index is 1600. The van der Waals surface area contributed by atoms with Gasteiger partial charge in [0.1, 0.15) is 17.5 Å². The van der Waals surface area contributed by atoms with Crippen molar-refractivity contribution in [2.45, 2.75) is 61.9 Å². The van der Waals surface area contributed by atoms with E-state index in [2.05, 4.69) is 0 Å². The number of hydrogen-bond donors (Lipinski definition) is 4. The zero-order valence-corrected chi connectivity index (χ0v) is 21.5. The second-order valence-electron chi connectivity index (χ2n) is 11.1. The highest BCUT2D eigenvalue weighted by Gasteiger charge is 2.61. The average molecular weight is 606 g/mol. The van der Waals surface area contributed by atoms with E-state index in [0.29, 0.717) is 0 Å². The fourth-order valence-corrected chi connectivity index (χ4v) is 7.18. The minimum atomic E-state index is -1.87. The van der Waals surface area contributed by atoms with Crippen LogP contribution in [0.1, 0.15) is 61.1 Å². The van der Waals surface area contributed by atoms with Crippen LogP contribution in [0.25, 0.3) is 0 Å². The molecule has 2 aliphatic rings. The third kappa shape index (κ3) is 4.52. The first-order valence-electron chi connectivity index (χ1n) is 12.9. The van der Waals surface area contributed by atoms with Gasteiger partial charge in [-0.3, -0.25) is 0 Å². The van der Waals surface area contributed by atoms with Gasteiger partial charge in [0.2, 0.25) is 0 Å². The second kappa shape index (κ2) is 10.3. The summed E-state index contributed by atoms with van der Waals surface area (Å²) in [6, 6.07) is 0.517. The Morgan fingerprint density at radius 1 is 0.690 bits per heavy atom. The molecule has 0 aromatic heterocycles. The molecule has 42 heavy (non-hydrogen) atoms. The van der Waals surface area contributed by atoms with E-state index in [1.807, 2.05) is 0 Å². The standard InChI is InChI=1S/C29H23F9O4/c30-14-6-17(33)25(39)22(36)12(14)3-2-11(20-15(31)7-18(34)26(40)23(20)37)13-9-28(42)4-1-5-29(13,10-28)21-16(32)8-19(35)27(41)24(21)38/h6-8,11,13,39-42H,1-5,9-10H2. The van der Waals surface area contributed by atoms with Gasteiger partial charge in [-0.05, 0) is 56.8 Å². The van der Waals surface area contributed by atoms with E-state index in [0.717, 1.165) is 0 Å². The van der Waals surface area contributed by atoms with Gasteiger partial charge in [0.15, 0.2) is 52.2 Å². The summed E-state index contributed by atoms with van der Waals surface area (Å²) in [6.45, 7) is 0. The number of halogens is 9. The van der Waals surface area contributed by atoms with Crippen LogP contribution in [0.3, 0.4) is 0 Å². The zero-order valence-electron chi connectivity index (χ0n) is 21.5. The lowest BCUT2D eigenvalue weighted by Crippen LogP contribution is -2.40. The molecule has 4 unspecified atom stereocenters. The van der Waals surface area contributed by atoms with Crippen LogP contribution < -0.4 is 0 Å². The summed E-state index contributed by atoms with van der Waals surface area (Å²) in [5.74, 6) is -22.5. The van der Waals surface area contributed by atoms with Gasteiger partial charge in [-0.25, -0.2) is 39.5 Å². The van der Waals surface area contributed by atoms with E-state index in [1.165, 1.54) is 0 Å². The van der Waals surface area contributed by atoms with Gasteiger partial charge in [0.25, 0.3) is 0 Å². The number of phenols is 3. The molecule has 2 aliphatic carbocycles. The first-order valence-corrected chi connectivity index (χ1v) is 12.9. The highest BCUT2D eigenvalue weighted by Crippen LogP contribution is 2.64. The highest BCUT2D eigenvalue weighted by molar-refractivity contribution is 5.44. The summed E-state index contributed by atoms with van der Waals surface area (Å²) in [4.78, 5) is 0. The fraction of sp³-hybridized carbons (Fsp3) is 0.379. The third-order valence-corrected chi connectivity index (χ3v) is 8.85. The molecule has 0 radical (unpaired) electrons. The zero-order chi connectivity index (χ0) is 30.9. The topological polar surface area (TPSA) is 80.9 Å². The van der Waals surface area contributed by atoms with E-state index in [1.54, 1.807) is 0 Å². The Morgan fingerprint density at radius 3 is 1.88 bits per heavy atom. The van der Waals surface area contributed by atoms with Crippen molar-refractivity contribution in [1.82, 2.24) is 0 Å². The van der Waals surface area contributed by atoms with Crippen LogP contribution in [0.2, 0.25) is 0 Å². The Hall–Kier alpha value is -3.61. The molecule has 2 fully saturated rings. The van der Waals surface area contributed by atoms with Gasteiger partial charge >= 0.3 is 0 Å². The summed E-state index contributed by atoms with van der Waals surface area (Å²) in [5.41, 5.74) is -6.37. The van der Waals surface area contributed by atoms with Gasteiger partial charge in [-0.2, -0.15) is 0 Å². The lowest BCUT2D eigenvalue weighted by molar-refractivity contribution is 0.0130. The Balaban J connectivity index is 1.73. The molecule has 5 rings (SSSR count). The maximum Gasteiger partial charge on any atom is 0.188 e. The van der Waals surface area contributed by atoms with Crippen molar-refractivity contribution in [2.75, 3.05) is 0 Å². The number of fused-ring (bicyclic) bond motifs is 2. The number of aliphatic hydroxyl groups is 1. The molecular formula is C29H23F9O4. The van der Waals surface area contributed by atoms with Crippen LogP contribution in [0, 0.1) is 58.3 Å². The number of aromatic hydroxyl groups is 3. The first-order chi connectivity index (χ1) is 19.6. The van der Waals surface area contributed by atoms with E-state index < -0.39 is 135 Å². The molecule has 3 aromatic carbocycles. The largest absolute Gasteiger partial charge is 0.503 e. The molecule has 3 aromatic rings. The van der Waals surface area contributed by atoms with Gasteiger partial charge < -0.3 is 20.4 Å². The molecular weight excluding hydrogens is 583 g/mol. The van der Waals surface area contributed by atoms with Gasteiger partial charge in [0.05, 0.1) is 5.60 Å². The van der Waals surface area contributed by atoms with Gasteiger partial charge in [-0.1, -0.05) is 0 Å². The predicted molar refractivity (Wildman–Crippen MR) is 128 cm³/mol. The third-order valence-electron chi connectivity index (χ3n) is 8.85. The van der Waals surface area contributed by atoms with Crippen molar-refractivity contribution in [2.24, 2.45) is 5.92 Å². The van der Waals surface area contributed by atoms with Crippen LogP contribution in [0.15, 0.2) is 18.2 Å². The van der Waals surface area contributed by atoms with Crippen molar-refractivity contribution in [3.63, 3.8) is 0 Å². The molecule has 0 heterocycles. The maximum absolute atomic E-state index is 15.4. The lowest BCUT2D eigenvalue weighted by atomic mass is 9.61. The quantitative estimate of drug-likeness (QED) is 0.227. The summed E-state index contributed by atoms with van der Waals surface area (Å²) >= 11 is 0. The summed E-state index contributed by atoms with van der Waals surface area (Å²) in [5, 5.41) is 40.9. The Kier molecular flexibility index (Phi) is 7.31. The smallest absolute Gasteiger partial charge is 0.188 e. The van der Waals surface area contributed by atoms with Gasteiger partial charge in [-0.15, -0.1) is 0 Å². The average Bonchev–Trinajstić information content (AvgIpc) is 3.12. The van der Waals surface area contributed by atoms with Crippen molar-refractivity contribution in [1.29, 1.82) is 0 Å². The van der Waals surface area contributed by atoms with E-state index in [9.17, 15) is 42.4 Å². The normalized spacial score (nSPS) is 24.3. The lowest BCUT2D eigenvalue weighted by Gasteiger charge is -2.43. The van der Waals surface area contributed by atoms with Crippen LogP contribution in [0.4, 0.5) is 39.5 Å².